The van der Waals surface area contributed by atoms with Gasteiger partial charge in [0.1, 0.15) is 0 Å². The van der Waals surface area contributed by atoms with Gasteiger partial charge in [0.2, 0.25) is 0 Å². The highest BCUT2D eigenvalue weighted by molar-refractivity contribution is 5.74. The van der Waals surface area contributed by atoms with Gasteiger partial charge < -0.3 is 15.0 Å². The van der Waals surface area contributed by atoms with Crippen molar-refractivity contribution in [2.45, 2.75) is 31.3 Å². The number of hydrogen-bond acceptors (Lipinski definition) is 2. The van der Waals surface area contributed by atoms with Crippen LogP contribution >= 0.6 is 0 Å². The van der Waals surface area contributed by atoms with E-state index < -0.39 is 0 Å². The summed E-state index contributed by atoms with van der Waals surface area (Å²) >= 11 is 0. The van der Waals surface area contributed by atoms with Crippen molar-refractivity contribution in [2.24, 2.45) is 0 Å². The Hall–Kier alpha value is -0.770. The van der Waals surface area contributed by atoms with Gasteiger partial charge in [-0.25, -0.2) is 4.79 Å². The van der Waals surface area contributed by atoms with E-state index in [4.69, 9.17) is 4.74 Å². The lowest BCUT2D eigenvalue weighted by atomic mass is 10.2. The number of likely N-dealkylation sites (N-methyl/N-ethyl adjacent to an activating group) is 1. The summed E-state index contributed by atoms with van der Waals surface area (Å²) in [6.07, 6.45) is 3.25. The average molecular weight is 184 g/mol. The maximum atomic E-state index is 11.5. The fourth-order valence-electron chi connectivity index (χ4n) is 1.50. The van der Waals surface area contributed by atoms with Crippen molar-refractivity contribution in [3.63, 3.8) is 0 Å². The van der Waals surface area contributed by atoms with Crippen molar-refractivity contribution in [2.75, 3.05) is 20.3 Å². The predicted molar refractivity (Wildman–Crippen MR) is 48.5 cm³/mol. The highest BCUT2D eigenvalue weighted by Gasteiger charge is 2.28. The highest BCUT2D eigenvalue weighted by atomic mass is 16.5. The lowest BCUT2D eigenvalue weighted by molar-refractivity contribution is 0.158. The van der Waals surface area contributed by atoms with Crippen LogP contribution in [0.2, 0.25) is 0 Å². The summed E-state index contributed by atoms with van der Waals surface area (Å²) in [7, 11) is 1.84. The van der Waals surface area contributed by atoms with E-state index in [2.05, 4.69) is 5.32 Å². The van der Waals surface area contributed by atoms with Crippen LogP contribution in [-0.4, -0.2) is 43.3 Å². The summed E-state index contributed by atoms with van der Waals surface area (Å²) in [5.41, 5.74) is 0. The van der Waals surface area contributed by atoms with Crippen molar-refractivity contribution in [3.8, 4) is 0 Å². The number of nitrogens with zero attached hydrogens (tertiary/aromatic N) is 1. The minimum atomic E-state index is 0.0537. The van der Waals surface area contributed by atoms with Gasteiger partial charge in [-0.05, 0) is 19.3 Å². The first-order valence-electron chi connectivity index (χ1n) is 4.88. The Morgan fingerprint density at radius 3 is 2.77 bits per heavy atom. The Morgan fingerprint density at radius 1 is 1.46 bits per heavy atom. The predicted octanol–water partition coefficient (Wildman–Crippen LogP) is 0.579. The van der Waals surface area contributed by atoms with Gasteiger partial charge in [0.05, 0.1) is 12.6 Å². The van der Waals surface area contributed by atoms with E-state index in [9.17, 15) is 4.79 Å². The molecule has 1 saturated heterocycles. The Labute approximate surface area is 78.2 Å². The van der Waals surface area contributed by atoms with Crippen molar-refractivity contribution >= 4 is 6.03 Å². The number of hydrogen-bond donors (Lipinski definition) is 1. The maximum absolute atomic E-state index is 11.5. The Balaban J connectivity index is 1.79. The minimum Gasteiger partial charge on any atom is -0.379 e. The molecule has 1 heterocycles. The average Bonchev–Trinajstić information content (AvgIpc) is 2.78. The Morgan fingerprint density at radius 2 is 2.23 bits per heavy atom. The van der Waals surface area contributed by atoms with Gasteiger partial charge in [-0.2, -0.15) is 0 Å². The van der Waals surface area contributed by atoms with Crippen LogP contribution in [0, 0.1) is 0 Å². The first kappa shape index (κ1) is 8.81. The van der Waals surface area contributed by atoms with E-state index in [1.165, 1.54) is 0 Å². The van der Waals surface area contributed by atoms with Crippen molar-refractivity contribution in [1.82, 2.24) is 10.2 Å². The Kier molecular flexibility index (Phi) is 2.40. The first-order chi connectivity index (χ1) is 6.27. The number of rotatable bonds is 2. The molecule has 1 aliphatic heterocycles. The van der Waals surface area contributed by atoms with E-state index >= 15 is 0 Å². The SMILES string of the molecule is CN(C(=O)NC1CC1)C1CCOC1. The lowest BCUT2D eigenvalue weighted by Crippen LogP contribution is -2.44. The minimum absolute atomic E-state index is 0.0537. The maximum Gasteiger partial charge on any atom is 0.317 e. The van der Waals surface area contributed by atoms with Crippen LogP contribution in [0.3, 0.4) is 0 Å². The van der Waals surface area contributed by atoms with Crippen LogP contribution in [0.25, 0.3) is 0 Å². The van der Waals surface area contributed by atoms with Crippen LogP contribution in [0.15, 0.2) is 0 Å². The second kappa shape index (κ2) is 3.54. The summed E-state index contributed by atoms with van der Waals surface area (Å²) in [6.45, 7) is 1.47. The summed E-state index contributed by atoms with van der Waals surface area (Å²) in [5.74, 6) is 0. The third kappa shape index (κ3) is 2.12. The zero-order valence-corrected chi connectivity index (χ0v) is 7.95. The van der Waals surface area contributed by atoms with Crippen LogP contribution in [0.5, 0.6) is 0 Å². The van der Waals surface area contributed by atoms with Gasteiger partial charge in [0.15, 0.2) is 0 Å². The zero-order chi connectivity index (χ0) is 9.26. The topological polar surface area (TPSA) is 41.6 Å². The molecule has 0 aromatic heterocycles. The molecule has 1 saturated carbocycles. The van der Waals surface area contributed by atoms with Gasteiger partial charge in [-0.3, -0.25) is 0 Å². The molecule has 13 heavy (non-hydrogen) atoms. The summed E-state index contributed by atoms with van der Waals surface area (Å²) in [6, 6.07) is 0.772. The number of amides is 2. The molecular formula is C9H16N2O2. The lowest BCUT2D eigenvalue weighted by Gasteiger charge is -2.23. The molecule has 0 bridgehead atoms. The molecule has 4 heteroatoms. The van der Waals surface area contributed by atoms with Crippen LogP contribution < -0.4 is 5.32 Å². The van der Waals surface area contributed by atoms with E-state index in [1.54, 1.807) is 4.90 Å². The molecule has 0 radical (unpaired) electrons. The van der Waals surface area contributed by atoms with Crippen molar-refractivity contribution in [3.05, 3.63) is 0 Å². The van der Waals surface area contributed by atoms with E-state index in [0.717, 1.165) is 25.9 Å². The molecule has 0 aromatic carbocycles. The van der Waals surface area contributed by atoms with Gasteiger partial charge >= 0.3 is 6.03 Å². The smallest absolute Gasteiger partial charge is 0.317 e. The van der Waals surface area contributed by atoms with Crippen LogP contribution in [0.4, 0.5) is 4.79 Å². The van der Waals surface area contributed by atoms with E-state index in [0.29, 0.717) is 12.6 Å². The second-order valence-corrected chi connectivity index (χ2v) is 3.85. The first-order valence-corrected chi connectivity index (χ1v) is 4.88. The van der Waals surface area contributed by atoms with Crippen molar-refractivity contribution < 1.29 is 9.53 Å². The van der Waals surface area contributed by atoms with Crippen molar-refractivity contribution in [1.29, 1.82) is 0 Å². The molecule has 1 N–H and O–H groups in total. The largest absolute Gasteiger partial charge is 0.379 e. The van der Waals surface area contributed by atoms with E-state index in [1.807, 2.05) is 7.05 Å². The van der Waals surface area contributed by atoms with E-state index in [-0.39, 0.29) is 12.1 Å². The van der Waals surface area contributed by atoms with Gasteiger partial charge in [-0.1, -0.05) is 0 Å². The number of carbonyl (C=O) groups excluding carboxylic acids is 1. The molecule has 1 aliphatic carbocycles. The molecule has 0 spiro atoms. The molecule has 2 amide bonds. The number of ether oxygens (including phenoxy) is 1. The normalized spacial score (nSPS) is 27.3. The van der Waals surface area contributed by atoms with Gasteiger partial charge in [0, 0.05) is 19.7 Å². The quantitative estimate of drug-likeness (QED) is 0.682. The van der Waals surface area contributed by atoms with Crippen LogP contribution in [-0.2, 0) is 4.74 Å². The molecule has 1 unspecified atom stereocenters. The number of nitrogens with one attached hydrogen (secondary N) is 1. The summed E-state index contributed by atoms with van der Waals surface area (Å²) in [4.78, 5) is 13.3. The molecule has 74 valence electrons. The second-order valence-electron chi connectivity index (χ2n) is 3.85. The molecule has 2 fully saturated rings. The highest BCUT2D eigenvalue weighted by Crippen LogP contribution is 2.19. The molecule has 2 rings (SSSR count). The number of carbonyl (C=O) groups is 1. The molecule has 4 nitrogen and oxygen atoms in total. The molecule has 1 atom stereocenters. The molecule has 0 aromatic rings. The standard InChI is InChI=1S/C9H16N2O2/c1-11(8-4-5-13-6-8)9(12)10-7-2-3-7/h7-8H,2-6H2,1H3,(H,10,12). The number of urea groups is 1. The van der Waals surface area contributed by atoms with Gasteiger partial charge in [0.25, 0.3) is 0 Å². The molecular weight excluding hydrogens is 168 g/mol. The third-order valence-corrected chi connectivity index (χ3v) is 2.68. The molecule has 2 aliphatic rings. The Bertz CT molecular complexity index is 198. The van der Waals surface area contributed by atoms with Crippen LogP contribution in [0.1, 0.15) is 19.3 Å². The zero-order valence-electron chi connectivity index (χ0n) is 7.95. The fraction of sp³-hybridized carbons (Fsp3) is 0.889. The fourth-order valence-corrected chi connectivity index (χ4v) is 1.50. The third-order valence-electron chi connectivity index (χ3n) is 2.68. The monoisotopic (exact) mass is 184 g/mol. The summed E-state index contributed by atoms with van der Waals surface area (Å²) < 4.78 is 5.23. The summed E-state index contributed by atoms with van der Waals surface area (Å²) in [5, 5.41) is 2.96. The van der Waals surface area contributed by atoms with Gasteiger partial charge in [-0.15, -0.1) is 0 Å².